The molecule has 2 aromatic rings. The van der Waals surface area contributed by atoms with Crippen LogP contribution in [0.25, 0.3) is 10.9 Å². The molecule has 1 aromatic carbocycles. The maximum atomic E-state index is 13.4. The van der Waals surface area contributed by atoms with Crippen molar-refractivity contribution in [3.05, 3.63) is 35.3 Å². The molecule has 1 aromatic heterocycles. The average molecular weight is 232 g/mol. The van der Waals surface area contributed by atoms with E-state index in [9.17, 15) is 4.39 Å². The first-order chi connectivity index (χ1) is 7.79. The number of nitrogen functional groups attached to an aromatic ring is 1. The lowest BCUT2D eigenvalue weighted by molar-refractivity contribution is 0.571. The van der Waals surface area contributed by atoms with E-state index in [4.69, 9.17) is 5.73 Å². The van der Waals surface area contributed by atoms with Crippen LogP contribution in [0.4, 0.5) is 10.1 Å². The Labute approximate surface area is 101 Å². The number of pyridine rings is 1. The molecule has 0 bridgehead atoms. The normalized spacial score (nSPS) is 12.1. The molecule has 0 aliphatic rings. The Morgan fingerprint density at radius 1 is 1.18 bits per heavy atom. The molecule has 1 heterocycles. The zero-order chi connectivity index (χ0) is 12.8. The fourth-order valence-electron chi connectivity index (χ4n) is 1.95. The molecule has 0 saturated carbocycles. The van der Waals surface area contributed by atoms with Crippen molar-refractivity contribution in [2.75, 3.05) is 5.73 Å². The molecule has 2 nitrogen and oxygen atoms in total. The molecule has 0 unspecified atom stereocenters. The van der Waals surface area contributed by atoms with Crippen molar-refractivity contribution in [3.8, 4) is 0 Å². The fourth-order valence-corrected chi connectivity index (χ4v) is 1.95. The van der Waals surface area contributed by atoms with Crippen molar-refractivity contribution < 1.29 is 4.39 Å². The Morgan fingerprint density at radius 3 is 2.41 bits per heavy atom. The molecule has 0 fully saturated rings. The van der Waals surface area contributed by atoms with Crippen LogP contribution in [0.5, 0.6) is 0 Å². The standard InChI is InChI=1S/C14H17FN2/c1-8-5-9(15)6-11-13(8)10(16)7-12(17-11)14(2,3)4/h5-7H,1-4H3,(H2,16,17). The SMILES string of the molecule is Cc1cc(F)cc2nc(C(C)(C)C)cc(N)c12. The molecule has 0 spiro atoms. The minimum Gasteiger partial charge on any atom is -0.398 e. The predicted octanol–water partition coefficient (Wildman–Crippen LogP) is 3.56. The molecule has 3 heteroatoms. The third-order valence-electron chi connectivity index (χ3n) is 2.87. The second-order valence-corrected chi connectivity index (χ2v) is 5.46. The molecule has 0 atom stereocenters. The van der Waals surface area contributed by atoms with E-state index < -0.39 is 0 Å². The molecule has 0 saturated heterocycles. The Bertz CT molecular complexity index is 583. The first kappa shape index (κ1) is 11.8. The van der Waals surface area contributed by atoms with E-state index in [0.717, 1.165) is 16.6 Å². The highest BCUT2D eigenvalue weighted by molar-refractivity contribution is 5.93. The number of aryl methyl sites for hydroxylation is 1. The first-order valence-corrected chi connectivity index (χ1v) is 5.66. The van der Waals surface area contributed by atoms with Gasteiger partial charge < -0.3 is 5.73 Å². The number of rotatable bonds is 0. The summed E-state index contributed by atoms with van der Waals surface area (Å²) in [6.45, 7) is 8.03. The van der Waals surface area contributed by atoms with Gasteiger partial charge in [0.15, 0.2) is 0 Å². The van der Waals surface area contributed by atoms with E-state index in [0.29, 0.717) is 11.2 Å². The molecule has 17 heavy (non-hydrogen) atoms. The fraction of sp³-hybridized carbons (Fsp3) is 0.357. The van der Waals surface area contributed by atoms with Gasteiger partial charge in [-0.05, 0) is 24.6 Å². The maximum absolute atomic E-state index is 13.4. The van der Waals surface area contributed by atoms with E-state index in [1.807, 2.05) is 13.0 Å². The van der Waals surface area contributed by atoms with Gasteiger partial charge >= 0.3 is 0 Å². The second kappa shape index (κ2) is 3.69. The molecular formula is C14H17FN2. The largest absolute Gasteiger partial charge is 0.398 e. The summed E-state index contributed by atoms with van der Waals surface area (Å²) in [5.74, 6) is -0.270. The molecule has 2 rings (SSSR count). The molecule has 0 radical (unpaired) electrons. The van der Waals surface area contributed by atoms with Crippen LogP contribution in [0.1, 0.15) is 32.0 Å². The van der Waals surface area contributed by atoms with Crippen LogP contribution in [-0.4, -0.2) is 4.98 Å². The second-order valence-electron chi connectivity index (χ2n) is 5.46. The highest BCUT2D eigenvalue weighted by Crippen LogP contribution is 2.29. The lowest BCUT2D eigenvalue weighted by Crippen LogP contribution is -2.14. The van der Waals surface area contributed by atoms with Crippen molar-refractivity contribution in [1.29, 1.82) is 0 Å². The number of anilines is 1. The lowest BCUT2D eigenvalue weighted by atomic mass is 9.90. The molecule has 2 N–H and O–H groups in total. The summed E-state index contributed by atoms with van der Waals surface area (Å²) in [6, 6.07) is 4.80. The Kier molecular flexibility index (Phi) is 2.57. The summed E-state index contributed by atoms with van der Waals surface area (Å²) in [5, 5.41) is 0.847. The maximum Gasteiger partial charge on any atom is 0.125 e. The van der Waals surface area contributed by atoms with Gasteiger partial charge in [-0.3, -0.25) is 4.98 Å². The van der Waals surface area contributed by atoms with Gasteiger partial charge in [0.05, 0.1) is 5.52 Å². The zero-order valence-corrected chi connectivity index (χ0v) is 10.6. The van der Waals surface area contributed by atoms with E-state index in [1.165, 1.54) is 12.1 Å². The van der Waals surface area contributed by atoms with E-state index >= 15 is 0 Å². The van der Waals surface area contributed by atoms with Gasteiger partial charge in [0, 0.05) is 28.2 Å². The molecule has 0 aliphatic carbocycles. The number of fused-ring (bicyclic) bond motifs is 1. The molecule has 0 aliphatic heterocycles. The number of halogens is 1. The minimum absolute atomic E-state index is 0.0947. The van der Waals surface area contributed by atoms with E-state index in [-0.39, 0.29) is 11.2 Å². The van der Waals surface area contributed by atoms with Gasteiger partial charge in [-0.2, -0.15) is 0 Å². The first-order valence-electron chi connectivity index (χ1n) is 5.66. The van der Waals surface area contributed by atoms with Gasteiger partial charge in [0.25, 0.3) is 0 Å². The summed E-state index contributed by atoms with van der Waals surface area (Å²) in [4.78, 5) is 4.51. The Morgan fingerprint density at radius 2 is 1.82 bits per heavy atom. The minimum atomic E-state index is -0.270. The Balaban J connectivity index is 2.82. The lowest BCUT2D eigenvalue weighted by Gasteiger charge is -2.19. The van der Waals surface area contributed by atoms with Gasteiger partial charge in [0.2, 0.25) is 0 Å². The van der Waals surface area contributed by atoms with Gasteiger partial charge in [-0.15, -0.1) is 0 Å². The highest BCUT2D eigenvalue weighted by atomic mass is 19.1. The van der Waals surface area contributed by atoms with Crippen LogP contribution in [0.3, 0.4) is 0 Å². The summed E-state index contributed by atoms with van der Waals surface area (Å²) in [5.41, 5.74) is 8.95. The summed E-state index contributed by atoms with van der Waals surface area (Å²) in [7, 11) is 0. The quantitative estimate of drug-likeness (QED) is 0.754. The van der Waals surface area contributed by atoms with Gasteiger partial charge in [-0.25, -0.2) is 4.39 Å². The van der Waals surface area contributed by atoms with Gasteiger partial charge in [0.1, 0.15) is 5.82 Å². The predicted molar refractivity (Wildman–Crippen MR) is 69.6 cm³/mol. The third-order valence-corrected chi connectivity index (χ3v) is 2.87. The number of nitrogens with zero attached hydrogens (tertiary/aromatic N) is 1. The third kappa shape index (κ3) is 2.09. The van der Waals surface area contributed by atoms with Gasteiger partial charge in [-0.1, -0.05) is 20.8 Å². The topological polar surface area (TPSA) is 38.9 Å². The highest BCUT2D eigenvalue weighted by Gasteiger charge is 2.18. The van der Waals surface area contributed by atoms with Crippen LogP contribution in [0, 0.1) is 12.7 Å². The smallest absolute Gasteiger partial charge is 0.125 e. The molecular weight excluding hydrogens is 215 g/mol. The zero-order valence-electron chi connectivity index (χ0n) is 10.6. The van der Waals surface area contributed by atoms with E-state index in [1.54, 1.807) is 0 Å². The van der Waals surface area contributed by atoms with Crippen LogP contribution >= 0.6 is 0 Å². The molecule has 0 amide bonds. The Hall–Kier alpha value is -1.64. The van der Waals surface area contributed by atoms with Crippen molar-refractivity contribution >= 4 is 16.6 Å². The number of aromatic nitrogens is 1. The summed E-state index contributed by atoms with van der Waals surface area (Å²) >= 11 is 0. The molecule has 90 valence electrons. The van der Waals surface area contributed by atoms with Crippen LogP contribution in [0.15, 0.2) is 18.2 Å². The summed E-state index contributed by atoms with van der Waals surface area (Å²) in [6.07, 6.45) is 0. The van der Waals surface area contributed by atoms with Crippen LogP contribution in [0.2, 0.25) is 0 Å². The van der Waals surface area contributed by atoms with Crippen molar-refractivity contribution in [2.45, 2.75) is 33.1 Å². The van der Waals surface area contributed by atoms with Crippen LogP contribution < -0.4 is 5.73 Å². The monoisotopic (exact) mass is 232 g/mol. The van der Waals surface area contributed by atoms with Crippen molar-refractivity contribution in [3.63, 3.8) is 0 Å². The summed E-state index contributed by atoms with van der Waals surface area (Å²) < 4.78 is 13.4. The number of benzene rings is 1. The number of hydrogen-bond donors (Lipinski definition) is 1. The number of hydrogen-bond acceptors (Lipinski definition) is 2. The van der Waals surface area contributed by atoms with Crippen molar-refractivity contribution in [2.24, 2.45) is 0 Å². The van der Waals surface area contributed by atoms with E-state index in [2.05, 4.69) is 25.8 Å². The number of nitrogens with two attached hydrogens (primary N) is 1. The van der Waals surface area contributed by atoms with Crippen LogP contribution in [-0.2, 0) is 5.41 Å². The van der Waals surface area contributed by atoms with Crippen molar-refractivity contribution in [1.82, 2.24) is 4.98 Å². The average Bonchev–Trinajstić information content (AvgIpc) is 2.13.